The fourth-order valence-electron chi connectivity index (χ4n) is 4.30. The Balaban J connectivity index is 1.24. The average Bonchev–Trinajstić information content (AvgIpc) is 3.22. The van der Waals surface area contributed by atoms with Gasteiger partial charge in [-0.15, -0.1) is 11.8 Å². The first-order chi connectivity index (χ1) is 16.0. The van der Waals surface area contributed by atoms with Crippen LogP contribution >= 0.6 is 11.8 Å². The summed E-state index contributed by atoms with van der Waals surface area (Å²) in [6.45, 7) is 0.653. The number of hydrogen-bond donors (Lipinski definition) is 1. The Morgan fingerprint density at radius 3 is 2.39 bits per heavy atom. The number of anilines is 1. The Hall–Kier alpha value is -2.81. The number of para-hydroxylation sites is 1. The van der Waals surface area contributed by atoms with Gasteiger partial charge in [-0.3, -0.25) is 4.79 Å². The Morgan fingerprint density at radius 2 is 1.67 bits per heavy atom. The number of sulfonamides is 1. The summed E-state index contributed by atoms with van der Waals surface area (Å²) in [5.74, 6) is -0.325. The van der Waals surface area contributed by atoms with Crippen molar-refractivity contribution in [2.24, 2.45) is 5.92 Å². The molecular formula is C25H24N2O4S2. The zero-order valence-corrected chi connectivity index (χ0v) is 19.8. The predicted molar refractivity (Wildman–Crippen MR) is 132 cm³/mol. The molecule has 3 aromatic carbocycles. The predicted octanol–water partition coefficient (Wildman–Crippen LogP) is 5.35. The molecule has 0 bridgehead atoms. The van der Waals surface area contributed by atoms with Crippen LogP contribution < -0.4 is 5.32 Å². The van der Waals surface area contributed by atoms with E-state index in [4.69, 9.17) is 4.42 Å². The van der Waals surface area contributed by atoms with Crippen LogP contribution in [0.5, 0.6) is 0 Å². The van der Waals surface area contributed by atoms with Crippen LogP contribution in [0, 0.1) is 5.92 Å². The number of carbonyl (C=O) groups is 1. The highest BCUT2D eigenvalue weighted by Gasteiger charge is 2.32. The number of furan rings is 1. The lowest BCUT2D eigenvalue weighted by atomic mass is 9.97. The molecule has 1 aromatic heterocycles. The number of amides is 1. The van der Waals surface area contributed by atoms with Gasteiger partial charge in [0.2, 0.25) is 15.9 Å². The molecule has 0 unspecified atom stereocenters. The smallest absolute Gasteiger partial charge is 0.243 e. The molecule has 0 atom stereocenters. The second kappa shape index (κ2) is 8.85. The molecule has 170 valence electrons. The molecule has 5 rings (SSSR count). The summed E-state index contributed by atoms with van der Waals surface area (Å²) in [6, 6.07) is 20.4. The highest BCUT2D eigenvalue weighted by molar-refractivity contribution is 7.98. The minimum absolute atomic E-state index is 0.0909. The number of carbonyl (C=O) groups excluding carboxylic acids is 1. The van der Waals surface area contributed by atoms with E-state index >= 15 is 0 Å². The third-order valence-electron chi connectivity index (χ3n) is 6.17. The van der Waals surface area contributed by atoms with E-state index in [0.29, 0.717) is 36.5 Å². The van der Waals surface area contributed by atoms with E-state index < -0.39 is 10.0 Å². The van der Waals surface area contributed by atoms with Crippen LogP contribution in [-0.2, 0) is 14.8 Å². The number of nitrogens with zero attached hydrogens (tertiary/aromatic N) is 1. The van der Waals surface area contributed by atoms with Crippen LogP contribution in [0.4, 0.5) is 5.69 Å². The SMILES string of the molecule is CSc1ccc(S(=O)(=O)N2CCC(C(=O)Nc3ccc4c(c3)oc3ccccc34)CC2)cc1. The molecule has 1 N–H and O–H groups in total. The van der Waals surface area contributed by atoms with E-state index in [1.807, 2.05) is 60.9 Å². The van der Waals surface area contributed by atoms with Gasteiger partial charge < -0.3 is 9.73 Å². The molecule has 1 amide bonds. The number of hydrogen-bond acceptors (Lipinski definition) is 5. The first-order valence-electron chi connectivity index (χ1n) is 10.8. The molecule has 6 nitrogen and oxygen atoms in total. The van der Waals surface area contributed by atoms with Gasteiger partial charge >= 0.3 is 0 Å². The Labute approximate surface area is 197 Å². The van der Waals surface area contributed by atoms with E-state index in [1.54, 1.807) is 23.9 Å². The first-order valence-corrected chi connectivity index (χ1v) is 13.5. The third kappa shape index (κ3) is 4.26. The molecule has 2 heterocycles. The van der Waals surface area contributed by atoms with Crippen molar-refractivity contribution >= 4 is 55.3 Å². The van der Waals surface area contributed by atoms with Crippen LogP contribution in [-0.4, -0.2) is 38.0 Å². The molecule has 33 heavy (non-hydrogen) atoms. The summed E-state index contributed by atoms with van der Waals surface area (Å²) >= 11 is 1.57. The van der Waals surface area contributed by atoms with Crippen LogP contribution in [0.15, 0.2) is 80.9 Å². The number of benzene rings is 3. The number of rotatable bonds is 5. The van der Waals surface area contributed by atoms with Crippen molar-refractivity contribution in [3.8, 4) is 0 Å². The Morgan fingerprint density at radius 1 is 0.970 bits per heavy atom. The van der Waals surface area contributed by atoms with Gasteiger partial charge in [0.25, 0.3) is 0 Å². The summed E-state index contributed by atoms with van der Waals surface area (Å²) in [4.78, 5) is 14.2. The molecule has 0 radical (unpaired) electrons. The van der Waals surface area contributed by atoms with Crippen LogP contribution in [0.2, 0.25) is 0 Å². The zero-order chi connectivity index (χ0) is 23.0. The standard InChI is InChI=1S/C25H24N2O4S2/c1-32-19-7-9-20(10-8-19)33(29,30)27-14-12-17(13-15-27)25(28)26-18-6-11-22-21-4-2-3-5-23(21)31-24(22)16-18/h2-11,16-17H,12-15H2,1H3,(H,26,28). The topological polar surface area (TPSA) is 79.6 Å². The number of piperidine rings is 1. The molecule has 4 aromatic rings. The number of thioether (sulfide) groups is 1. The maximum absolute atomic E-state index is 13.0. The van der Waals surface area contributed by atoms with Gasteiger partial charge in [-0.2, -0.15) is 4.31 Å². The van der Waals surface area contributed by atoms with Gasteiger partial charge in [-0.1, -0.05) is 18.2 Å². The number of fused-ring (bicyclic) bond motifs is 3. The summed E-state index contributed by atoms with van der Waals surface area (Å²) in [7, 11) is -3.55. The molecule has 0 saturated carbocycles. The van der Waals surface area contributed by atoms with Gasteiger partial charge in [0, 0.05) is 46.4 Å². The quantitative estimate of drug-likeness (QED) is 0.390. The highest BCUT2D eigenvalue weighted by atomic mass is 32.2. The Kier molecular flexibility index (Phi) is 5.90. The molecular weight excluding hydrogens is 456 g/mol. The van der Waals surface area contributed by atoms with E-state index in [9.17, 15) is 13.2 Å². The lowest BCUT2D eigenvalue weighted by molar-refractivity contribution is -0.120. The van der Waals surface area contributed by atoms with Gasteiger partial charge in [0.1, 0.15) is 11.2 Å². The van der Waals surface area contributed by atoms with Crippen molar-refractivity contribution in [2.45, 2.75) is 22.6 Å². The van der Waals surface area contributed by atoms with Crippen LogP contribution in [0.3, 0.4) is 0 Å². The van der Waals surface area contributed by atoms with Crippen molar-refractivity contribution in [2.75, 3.05) is 24.7 Å². The van der Waals surface area contributed by atoms with Crippen molar-refractivity contribution in [1.29, 1.82) is 0 Å². The van der Waals surface area contributed by atoms with Gasteiger partial charge in [-0.25, -0.2) is 8.42 Å². The zero-order valence-electron chi connectivity index (χ0n) is 18.2. The largest absolute Gasteiger partial charge is 0.456 e. The third-order valence-corrected chi connectivity index (χ3v) is 8.82. The van der Waals surface area contributed by atoms with Crippen LogP contribution in [0.25, 0.3) is 21.9 Å². The van der Waals surface area contributed by atoms with E-state index in [-0.39, 0.29) is 11.8 Å². The minimum Gasteiger partial charge on any atom is -0.456 e. The second-order valence-electron chi connectivity index (χ2n) is 8.15. The molecule has 1 fully saturated rings. The lowest BCUT2D eigenvalue weighted by Gasteiger charge is -2.30. The second-order valence-corrected chi connectivity index (χ2v) is 11.0. The lowest BCUT2D eigenvalue weighted by Crippen LogP contribution is -2.41. The number of nitrogens with one attached hydrogen (secondary N) is 1. The summed E-state index contributed by atoms with van der Waals surface area (Å²) in [6.07, 6.45) is 2.93. The highest BCUT2D eigenvalue weighted by Crippen LogP contribution is 2.31. The van der Waals surface area contributed by atoms with Crippen molar-refractivity contribution in [1.82, 2.24) is 4.31 Å². The molecule has 1 aliphatic heterocycles. The Bertz CT molecular complexity index is 1420. The molecule has 0 spiro atoms. The van der Waals surface area contributed by atoms with Crippen molar-refractivity contribution in [3.63, 3.8) is 0 Å². The average molecular weight is 481 g/mol. The molecule has 1 saturated heterocycles. The van der Waals surface area contributed by atoms with Crippen molar-refractivity contribution < 1.29 is 17.6 Å². The van der Waals surface area contributed by atoms with Gasteiger partial charge in [0.15, 0.2) is 0 Å². The monoisotopic (exact) mass is 480 g/mol. The van der Waals surface area contributed by atoms with E-state index in [1.165, 1.54) is 4.31 Å². The normalized spacial score (nSPS) is 15.8. The molecule has 1 aliphatic rings. The van der Waals surface area contributed by atoms with Crippen LogP contribution in [0.1, 0.15) is 12.8 Å². The van der Waals surface area contributed by atoms with Gasteiger partial charge in [0.05, 0.1) is 4.90 Å². The summed E-state index contributed by atoms with van der Waals surface area (Å²) in [5.41, 5.74) is 2.21. The summed E-state index contributed by atoms with van der Waals surface area (Å²) in [5, 5.41) is 5.03. The maximum Gasteiger partial charge on any atom is 0.243 e. The van der Waals surface area contributed by atoms with Gasteiger partial charge in [-0.05, 0) is 61.6 Å². The maximum atomic E-state index is 13.0. The van der Waals surface area contributed by atoms with E-state index in [0.717, 1.165) is 26.8 Å². The molecule has 0 aliphatic carbocycles. The fraction of sp³-hybridized carbons (Fsp3) is 0.240. The molecule has 8 heteroatoms. The minimum atomic E-state index is -3.55. The fourth-order valence-corrected chi connectivity index (χ4v) is 6.18. The van der Waals surface area contributed by atoms with Crippen molar-refractivity contribution in [3.05, 3.63) is 66.7 Å². The van der Waals surface area contributed by atoms with E-state index in [2.05, 4.69) is 5.32 Å². The first kappa shape index (κ1) is 22.0. The summed E-state index contributed by atoms with van der Waals surface area (Å²) < 4.78 is 33.3.